The van der Waals surface area contributed by atoms with Crippen molar-refractivity contribution in [1.82, 2.24) is 9.97 Å². The molecule has 2 aromatic rings. The van der Waals surface area contributed by atoms with Gasteiger partial charge in [0.25, 0.3) is 0 Å². The molecule has 2 N–H and O–H groups in total. The fraction of sp³-hybridized carbons (Fsp3) is 0.231. The Morgan fingerprint density at radius 2 is 2.16 bits per heavy atom. The molecular weight excluding hydrogens is 311 g/mol. The first-order valence-electron chi connectivity index (χ1n) is 5.89. The van der Waals surface area contributed by atoms with E-state index < -0.39 is 5.82 Å². The third-order valence-electron chi connectivity index (χ3n) is 2.52. The number of hydrogen-bond acceptors (Lipinski definition) is 4. The summed E-state index contributed by atoms with van der Waals surface area (Å²) in [7, 11) is 0. The number of halogens is 2. The zero-order valence-corrected chi connectivity index (χ0v) is 12.3. The molecule has 0 radical (unpaired) electrons. The van der Waals surface area contributed by atoms with Crippen LogP contribution in [0.15, 0.2) is 28.9 Å². The van der Waals surface area contributed by atoms with Crippen LogP contribution in [0.4, 0.5) is 21.8 Å². The summed E-state index contributed by atoms with van der Waals surface area (Å²) in [5.41, 5.74) is 1.81. The van der Waals surface area contributed by atoms with E-state index in [0.29, 0.717) is 12.5 Å². The Balaban J connectivity index is 2.29. The first-order chi connectivity index (χ1) is 9.10. The molecule has 4 nitrogen and oxygen atoms in total. The number of benzene rings is 1. The number of hydrogen-bond donors (Lipinski definition) is 2. The van der Waals surface area contributed by atoms with Crippen LogP contribution in [0.1, 0.15) is 12.5 Å². The van der Waals surface area contributed by atoms with Crippen LogP contribution >= 0.6 is 15.9 Å². The van der Waals surface area contributed by atoms with Gasteiger partial charge in [-0.1, -0.05) is 15.9 Å². The summed E-state index contributed by atoms with van der Waals surface area (Å²) >= 11 is 3.39. The van der Waals surface area contributed by atoms with Crippen molar-refractivity contribution in [2.45, 2.75) is 13.8 Å². The molecule has 1 aromatic heterocycles. The third kappa shape index (κ3) is 3.41. The zero-order chi connectivity index (χ0) is 13.8. The molecule has 0 aliphatic carbocycles. The predicted molar refractivity (Wildman–Crippen MR) is 78.3 cm³/mol. The van der Waals surface area contributed by atoms with Crippen molar-refractivity contribution < 1.29 is 4.39 Å². The second-order valence-corrected chi connectivity index (χ2v) is 4.92. The van der Waals surface area contributed by atoms with Crippen LogP contribution in [0.25, 0.3) is 0 Å². The highest BCUT2D eigenvalue weighted by Gasteiger charge is 2.08. The van der Waals surface area contributed by atoms with Gasteiger partial charge in [0.1, 0.15) is 0 Å². The maximum absolute atomic E-state index is 13.7. The van der Waals surface area contributed by atoms with Crippen LogP contribution in [0.3, 0.4) is 0 Å². The van der Waals surface area contributed by atoms with E-state index in [1.807, 2.05) is 32.0 Å². The Morgan fingerprint density at radius 3 is 2.84 bits per heavy atom. The molecule has 1 heterocycles. The van der Waals surface area contributed by atoms with Crippen molar-refractivity contribution >= 4 is 33.4 Å². The fourth-order valence-electron chi connectivity index (χ4n) is 1.59. The number of aromatic nitrogens is 2. The Bertz CT molecular complexity index is 589. The van der Waals surface area contributed by atoms with Crippen LogP contribution in [-0.2, 0) is 0 Å². The first kappa shape index (κ1) is 13.7. The highest BCUT2D eigenvalue weighted by atomic mass is 79.9. The standard InChI is InChI=1S/C13H14BrFN4/c1-3-16-13-17-7-10(15)12(19-13)18-11-5-4-9(14)6-8(11)2/h4-7H,3H2,1-2H3,(H2,16,17,18,19). The molecule has 19 heavy (non-hydrogen) atoms. The van der Waals surface area contributed by atoms with Gasteiger partial charge in [-0.3, -0.25) is 0 Å². The van der Waals surface area contributed by atoms with Crippen LogP contribution in [-0.4, -0.2) is 16.5 Å². The van der Waals surface area contributed by atoms with Gasteiger partial charge in [0.2, 0.25) is 5.95 Å². The van der Waals surface area contributed by atoms with Gasteiger partial charge in [-0.2, -0.15) is 4.98 Å². The first-order valence-corrected chi connectivity index (χ1v) is 6.69. The van der Waals surface area contributed by atoms with E-state index in [-0.39, 0.29) is 5.82 Å². The minimum absolute atomic E-state index is 0.163. The quantitative estimate of drug-likeness (QED) is 0.896. The molecule has 100 valence electrons. The number of nitrogens with one attached hydrogen (secondary N) is 2. The number of anilines is 3. The summed E-state index contributed by atoms with van der Waals surface area (Å²) in [6, 6.07) is 5.71. The van der Waals surface area contributed by atoms with Gasteiger partial charge >= 0.3 is 0 Å². The smallest absolute Gasteiger partial charge is 0.224 e. The summed E-state index contributed by atoms with van der Waals surface area (Å²) in [6.07, 6.45) is 1.15. The molecule has 6 heteroatoms. The Labute approximate surface area is 119 Å². The van der Waals surface area contributed by atoms with E-state index in [1.54, 1.807) is 0 Å². The van der Waals surface area contributed by atoms with E-state index in [9.17, 15) is 4.39 Å². The van der Waals surface area contributed by atoms with Gasteiger partial charge in [0, 0.05) is 16.7 Å². The minimum Gasteiger partial charge on any atom is -0.354 e. The maximum Gasteiger partial charge on any atom is 0.224 e. The van der Waals surface area contributed by atoms with Gasteiger partial charge in [-0.05, 0) is 37.6 Å². The van der Waals surface area contributed by atoms with E-state index in [0.717, 1.165) is 21.9 Å². The van der Waals surface area contributed by atoms with Crippen molar-refractivity contribution in [2.24, 2.45) is 0 Å². The third-order valence-corrected chi connectivity index (χ3v) is 3.01. The van der Waals surface area contributed by atoms with Crippen molar-refractivity contribution in [3.8, 4) is 0 Å². The molecule has 0 spiro atoms. The van der Waals surface area contributed by atoms with Crippen molar-refractivity contribution in [1.29, 1.82) is 0 Å². The zero-order valence-electron chi connectivity index (χ0n) is 10.7. The monoisotopic (exact) mass is 324 g/mol. The highest BCUT2D eigenvalue weighted by molar-refractivity contribution is 9.10. The number of aryl methyl sites for hydroxylation is 1. The topological polar surface area (TPSA) is 49.8 Å². The molecule has 1 aromatic carbocycles. The van der Waals surface area contributed by atoms with Crippen LogP contribution in [0.5, 0.6) is 0 Å². The molecule has 0 saturated carbocycles. The predicted octanol–water partition coefficient (Wildman–Crippen LogP) is 3.86. The van der Waals surface area contributed by atoms with Gasteiger partial charge in [0.15, 0.2) is 11.6 Å². The van der Waals surface area contributed by atoms with Crippen molar-refractivity contribution in [2.75, 3.05) is 17.2 Å². The molecule has 0 atom stereocenters. The average molecular weight is 325 g/mol. The van der Waals surface area contributed by atoms with E-state index in [1.165, 1.54) is 0 Å². The summed E-state index contributed by atoms with van der Waals surface area (Å²) in [5, 5.41) is 5.93. The Morgan fingerprint density at radius 1 is 1.37 bits per heavy atom. The molecule has 0 aliphatic rings. The van der Waals surface area contributed by atoms with Gasteiger partial charge in [-0.25, -0.2) is 9.37 Å². The summed E-state index contributed by atoms with van der Waals surface area (Å²) < 4.78 is 14.7. The van der Waals surface area contributed by atoms with E-state index in [2.05, 4.69) is 36.5 Å². The number of rotatable bonds is 4. The normalized spacial score (nSPS) is 10.3. The Hall–Kier alpha value is -1.69. The summed E-state index contributed by atoms with van der Waals surface area (Å²) in [6.45, 7) is 4.55. The SMILES string of the molecule is CCNc1ncc(F)c(Nc2ccc(Br)cc2C)n1. The minimum atomic E-state index is -0.482. The van der Waals surface area contributed by atoms with E-state index in [4.69, 9.17) is 0 Å². The number of nitrogens with zero attached hydrogens (tertiary/aromatic N) is 2. The van der Waals surface area contributed by atoms with Gasteiger partial charge < -0.3 is 10.6 Å². The lowest BCUT2D eigenvalue weighted by Gasteiger charge is -2.11. The molecule has 0 fully saturated rings. The van der Waals surface area contributed by atoms with Crippen LogP contribution in [0.2, 0.25) is 0 Å². The van der Waals surface area contributed by atoms with E-state index >= 15 is 0 Å². The second kappa shape index (κ2) is 5.97. The molecule has 0 aliphatic heterocycles. The van der Waals surface area contributed by atoms with Crippen LogP contribution < -0.4 is 10.6 Å². The lowest BCUT2D eigenvalue weighted by atomic mass is 10.2. The average Bonchev–Trinajstić information content (AvgIpc) is 2.37. The van der Waals surface area contributed by atoms with Crippen LogP contribution in [0, 0.1) is 12.7 Å². The molecule has 2 rings (SSSR count). The molecule has 0 amide bonds. The lowest BCUT2D eigenvalue weighted by molar-refractivity contribution is 0.619. The highest BCUT2D eigenvalue weighted by Crippen LogP contribution is 2.24. The van der Waals surface area contributed by atoms with Gasteiger partial charge in [-0.15, -0.1) is 0 Å². The second-order valence-electron chi connectivity index (χ2n) is 4.00. The summed E-state index contributed by atoms with van der Waals surface area (Å²) in [5.74, 6) is 0.0847. The molecule has 0 bridgehead atoms. The van der Waals surface area contributed by atoms with Gasteiger partial charge in [0.05, 0.1) is 6.20 Å². The van der Waals surface area contributed by atoms with Crippen molar-refractivity contribution in [3.63, 3.8) is 0 Å². The van der Waals surface area contributed by atoms with Crippen molar-refractivity contribution in [3.05, 3.63) is 40.2 Å². The molecule has 0 saturated heterocycles. The molecule has 0 unspecified atom stereocenters. The Kier molecular flexibility index (Phi) is 4.31. The summed E-state index contributed by atoms with van der Waals surface area (Å²) in [4.78, 5) is 7.96. The molecular formula is C13H14BrFN4. The largest absolute Gasteiger partial charge is 0.354 e. The lowest BCUT2D eigenvalue weighted by Crippen LogP contribution is -2.06. The maximum atomic E-state index is 13.7. The fourth-order valence-corrected chi connectivity index (χ4v) is 2.07.